The minimum atomic E-state index is -0.179. The third kappa shape index (κ3) is 5.67. The van der Waals surface area contributed by atoms with Crippen LogP contribution in [0.4, 0.5) is 0 Å². The second-order valence-corrected chi connectivity index (χ2v) is 7.00. The molecular weight excluding hydrogens is 354 g/mol. The molecule has 0 spiro atoms. The molecule has 0 aromatic heterocycles. The van der Waals surface area contributed by atoms with Gasteiger partial charge in [0.05, 0.1) is 12.7 Å². The predicted octanol–water partition coefficient (Wildman–Crippen LogP) is 4.58. The van der Waals surface area contributed by atoms with Gasteiger partial charge in [-0.05, 0) is 68.7 Å². The minimum absolute atomic E-state index is 0.112. The first-order chi connectivity index (χ1) is 13.5. The number of nitrogens with zero attached hydrogens (tertiary/aromatic N) is 1. The Morgan fingerprint density at radius 3 is 2.61 bits per heavy atom. The van der Waals surface area contributed by atoms with E-state index < -0.39 is 0 Å². The lowest BCUT2D eigenvalue weighted by molar-refractivity contribution is 0.0978. The molecule has 0 amide bonds. The second kappa shape index (κ2) is 10.6. The van der Waals surface area contributed by atoms with Crippen LogP contribution in [0, 0.1) is 0 Å². The van der Waals surface area contributed by atoms with Gasteiger partial charge in [0.15, 0.2) is 23.6 Å². The molecule has 150 valence electrons. The second-order valence-electron chi connectivity index (χ2n) is 7.00. The fourth-order valence-electron chi connectivity index (χ4n) is 3.22. The SMILES string of the molecule is CCCN(C)CCCCC(=O)c1cccc(-c2cc(C=O)c(O)c(OC)c2)c1. The number of hydrogen-bond acceptors (Lipinski definition) is 5. The zero-order valence-corrected chi connectivity index (χ0v) is 16.9. The average molecular weight is 383 g/mol. The van der Waals surface area contributed by atoms with E-state index in [0.29, 0.717) is 23.8 Å². The Hall–Kier alpha value is -2.66. The molecule has 2 aromatic carbocycles. The van der Waals surface area contributed by atoms with E-state index in [4.69, 9.17) is 4.74 Å². The summed E-state index contributed by atoms with van der Waals surface area (Å²) in [7, 11) is 3.54. The molecule has 2 aromatic rings. The lowest BCUT2D eigenvalue weighted by Crippen LogP contribution is -2.20. The van der Waals surface area contributed by atoms with Crippen molar-refractivity contribution in [1.82, 2.24) is 4.90 Å². The number of phenolic OH excluding ortho intramolecular Hbond substituents is 1. The zero-order chi connectivity index (χ0) is 20.5. The maximum atomic E-state index is 12.6. The van der Waals surface area contributed by atoms with Gasteiger partial charge in [-0.2, -0.15) is 0 Å². The van der Waals surface area contributed by atoms with Crippen molar-refractivity contribution < 1.29 is 19.4 Å². The number of carbonyl (C=O) groups is 2. The molecule has 5 nitrogen and oxygen atoms in total. The van der Waals surface area contributed by atoms with Crippen LogP contribution in [0.5, 0.6) is 11.5 Å². The van der Waals surface area contributed by atoms with Crippen LogP contribution < -0.4 is 4.74 Å². The molecule has 0 fully saturated rings. The Kier molecular flexibility index (Phi) is 8.20. The van der Waals surface area contributed by atoms with E-state index in [1.54, 1.807) is 12.1 Å². The number of phenols is 1. The summed E-state index contributed by atoms with van der Waals surface area (Å²) in [6.45, 7) is 4.24. The number of carbonyl (C=O) groups excluding carboxylic acids is 2. The van der Waals surface area contributed by atoms with Crippen molar-refractivity contribution in [2.24, 2.45) is 0 Å². The molecule has 0 bridgehead atoms. The number of ether oxygens (including phenoxy) is 1. The first-order valence-electron chi connectivity index (χ1n) is 9.68. The van der Waals surface area contributed by atoms with Gasteiger partial charge in [0.2, 0.25) is 0 Å². The molecule has 0 heterocycles. The fraction of sp³-hybridized carbons (Fsp3) is 0.391. The third-order valence-electron chi connectivity index (χ3n) is 4.77. The van der Waals surface area contributed by atoms with Crippen LogP contribution >= 0.6 is 0 Å². The van der Waals surface area contributed by atoms with Gasteiger partial charge in [-0.15, -0.1) is 0 Å². The summed E-state index contributed by atoms with van der Waals surface area (Å²) in [6.07, 6.45) is 4.10. The molecule has 0 aliphatic rings. The number of unbranched alkanes of at least 4 members (excludes halogenated alkanes) is 1. The number of rotatable bonds is 11. The van der Waals surface area contributed by atoms with E-state index in [9.17, 15) is 14.7 Å². The van der Waals surface area contributed by atoms with E-state index in [0.717, 1.165) is 37.9 Å². The first kappa shape index (κ1) is 21.6. The van der Waals surface area contributed by atoms with Gasteiger partial charge in [-0.25, -0.2) is 0 Å². The molecule has 28 heavy (non-hydrogen) atoms. The van der Waals surface area contributed by atoms with Crippen molar-refractivity contribution >= 4 is 12.1 Å². The van der Waals surface area contributed by atoms with Crippen LogP contribution in [0.3, 0.4) is 0 Å². The summed E-state index contributed by atoms with van der Waals surface area (Å²) in [5.74, 6) is 0.162. The minimum Gasteiger partial charge on any atom is -0.504 e. The highest BCUT2D eigenvalue weighted by Gasteiger charge is 2.13. The summed E-state index contributed by atoms with van der Waals surface area (Å²) in [4.78, 5) is 26.1. The highest BCUT2D eigenvalue weighted by molar-refractivity contribution is 5.97. The predicted molar refractivity (Wildman–Crippen MR) is 111 cm³/mol. The number of methoxy groups -OCH3 is 1. The Labute approximate surface area is 166 Å². The van der Waals surface area contributed by atoms with Crippen molar-refractivity contribution in [3.05, 3.63) is 47.5 Å². The Bertz CT molecular complexity index is 816. The Morgan fingerprint density at radius 2 is 1.93 bits per heavy atom. The van der Waals surface area contributed by atoms with Crippen molar-refractivity contribution in [1.29, 1.82) is 0 Å². The van der Waals surface area contributed by atoms with Crippen molar-refractivity contribution in [3.63, 3.8) is 0 Å². The van der Waals surface area contributed by atoms with Crippen LogP contribution in [0.25, 0.3) is 11.1 Å². The number of benzene rings is 2. The molecule has 1 N–H and O–H groups in total. The molecule has 2 rings (SSSR count). The highest BCUT2D eigenvalue weighted by atomic mass is 16.5. The van der Waals surface area contributed by atoms with Crippen LogP contribution in [0.15, 0.2) is 36.4 Å². The molecule has 0 saturated carbocycles. The summed E-state index contributed by atoms with van der Waals surface area (Å²) in [6, 6.07) is 10.6. The van der Waals surface area contributed by atoms with Crippen LogP contribution in [-0.2, 0) is 0 Å². The maximum absolute atomic E-state index is 12.6. The number of ketones is 1. The monoisotopic (exact) mass is 383 g/mol. The smallest absolute Gasteiger partial charge is 0.168 e. The molecule has 0 saturated heterocycles. The van der Waals surface area contributed by atoms with E-state index in [-0.39, 0.29) is 22.8 Å². The average Bonchev–Trinajstić information content (AvgIpc) is 2.71. The van der Waals surface area contributed by atoms with Crippen LogP contribution in [-0.4, -0.2) is 49.3 Å². The largest absolute Gasteiger partial charge is 0.504 e. The van der Waals surface area contributed by atoms with Crippen molar-refractivity contribution in [2.45, 2.75) is 32.6 Å². The number of aldehydes is 1. The summed E-state index contributed by atoms with van der Waals surface area (Å²) < 4.78 is 5.15. The van der Waals surface area contributed by atoms with Gasteiger partial charge in [0.25, 0.3) is 0 Å². The van der Waals surface area contributed by atoms with Gasteiger partial charge in [-0.3, -0.25) is 9.59 Å². The number of Topliss-reactive ketones (excluding diaryl/α,β-unsaturated/α-hetero) is 1. The number of aromatic hydroxyl groups is 1. The first-order valence-corrected chi connectivity index (χ1v) is 9.68. The lowest BCUT2D eigenvalue weighted by Gasteiger charge is -2.14. The third-order valence-corrected chi connectivity index (χ3v) is 4.77. The molecule has 0 aliphatic heterocycles. The molecule has 0 unspecified atom stereocenters. The standard InChI is InChI=1S/C23H29NO4/c1-4-11-24(2)12-6-5-10-21(26)18-9-7-8-17(13-18)19-14-20(16-25)23(27)22(15-19)28-3/h7-9,13-16,27H,4-6,10-12H2,1-3H3. The van der Waals surface area contributed by atoms with Crippen molar-refractivity contribution in [2.75, 3.05) is 27.2 Å². The Balaban J connectivity index is 2.10. The van der Waals surface area contributed by atoms with E-state index >= 15 is 0 Å². The molecule has 5 heteroatoms. The highest BCUT2D eigenvalue weighted by Crippen LogP contribution is 2.35. The lowest BCUT2D eigenvalue weighted by atomic mass is 9.97. The van der Waals surface area contributed by atoms with E-state index in [1.165, 1.54) is 7.11 Å². The van der Waals surface area contributed by atoms with Crippen LogP contribution in [0.2, 0.25) is 0 Å². The van der Waals surface area contributed by atoms with E-state index in [2.05, 4.69) is 18.9 Å². The molecule has 0 atom stereocenters. The molecular formula is C23H29NO4. The Morgan fingerprint density at radius 1 is 1.14 bits per heavy atom. The molecule has 0 radical (unpaired) electrons. The zero-order valence-electron chi connectivity index (χ0n) is 16.9. The number of hydrogen-bond donors (Lipinski definition) is 1. The maximum Gasteiger partial charge on any atom is 0.168 e. The van der Waals surface area contributed by atoms with Gasteiger partial charge in [0, 0.05) is 12.0 Å². The van der Waals surface area contributed by atoms with E-state index in [1.807, 2.05) is 24.3 Å². The quantitative estimate of drug-likeness (QED) is 0.350. The molecule has 0 aliphatic carbocycles. The van der Waals surface area contributed by atoms with Gasteiger partial charge >= 0.3 is 0 Å². The van der Waals surface area contributed by atoms with Gasteiger partial charge < -0.3 is 14.7 Å². The van der Waals surface area contributed by atoms with Gasteiger partial charge in [-0.1, -0.05) is 25.1 Å². The fourth-order valence-corrected chi connectivity index (χ4v) is 3.22. The van der Waals surface area contributed by atoms with Crippen LogP contribution in [0.1, 0.15) is 53.3 Å². The van der Waals surface area contributed by atoms with Crippen molar-refractivity contribution in [3.8, 4) is 22.6 Å². The normalized spacial score (nSPS) is 10.9. The topological polar surface area (TPSA) is 66.8 Å². The summed E-state index contributed by atoms with van der Waals surface area (Å²) in [5, 5.41) is 9.98. The summed E-state index contributed by atoms with van der Waals surface area (Å²) in [5.41, 5.74) is 2.32. The van der Waals surface area contributed by atoms with Gasteiger partial charge in [0.1, 0.15) is 0 Å². The summed E-state index contributed by atoms with van der Waals surface area (Å²) >= 11 is 0.